The second-order valence-electron chi connectivity index (χ2n) is 7.16. The molecular formula is C20H26FIN6. The summed E-state index contributed by atoms with van der Waals surface area (Å²) >= 11 is 0. The SMILES string of the molecule is I.NC(=NCCc1cnc(C2CC2)nc1)N1CCN(c2ccc(F)cc2)CC1. The standard InChI is InChI=1S/C20H25FN6.HI/c21-17-3-5-18(6-4-17)26-9-11-27(12-10-26)20(22)23-8-7-15-13-24-19(25-14-15)16-1-2-16;/h3-6,13-14,16H,1-2,7-12H2,(H2,22,23);1H. The monoisotopic (exact) mass is 496 g/mol. The zero-order chi connectivity index (χ0) is 18.6. The number of nitrogens with two attached hydrogens (primary N) is 1. The number of anilines is 1. The highest BCUT2D eigenvalue weighted by Gasteiger charge is 2.26. The van der Waals surface area contributed by atoms with E-state index in [-0.39, 0.29) is 29.8 Å². The molecule has 28 heavy (non-hydrogen) atoms. The van der Waals surface area contributed by atoms with Gasteiger partial charge in [-0.05, 0) is 49.1 Å². The third-order valence-electron chi connectivity index (χ3n) is 5.14. The van der Waals surface area contributed by atoms with Crippen LogP contribution >= 0.6 is 24.0 Å². The van der Waals surface area contributed by atoms with Gasteiger partial charge in [0.1, 0.15) is 11.6 Å². The van der Waals surface area contributed by atoms with Gasteiger partial charge < -0.3 is 15.5 Å². The zero-order valence-electron chi connectivity index (χ0n) is 15.8. The Labute approximate surface area is 182 Å². The average molecular weight is 496 g/mol. The van der Waals surface area contributed by atoms with E-state index in [9.17, 15) is 4.39 Å². The lowest BCUT2D eigenvalue weighted by atomic mass is 10.2. The van der Waals surface area contributed by atoms with Crippen molar-refractivity contribution in [2.24, 2.45) is 10.7 Å². The van der Waals surface area contributed by atoms with Gasteiger partial charge in [0.05, 0.1) is 0 Å². The molecule has 0 radical (unpaired) electrons. The summed E-state index contributed by atoms with van der Waals surface area (Å²) in [6.07, 6.45) is 7.05. The summed E-state index contributed by atoms with van der Waals surface area (Å²) in [5.41, 5.74) is 8.30. The summed E-state index contributed by atoms with van der Waals surface area (Å²) in [7, 11) is 0. The molecule has 0 unspecified atom stereocenters. The Balaban J connectivity index is 0.00000225. The maximum atomic E-state index is 13.1. The van der Waals surface area contributed by atoms with Crippen LogP contribution in [0.5, 0.6) is 0 Å². The van der Waals surface area contributed by atoms with Crippen molar-refractivity contribution in [3.8, 4) is 0 Å². The molecule has 1 aliphatic carbocycles. The van der Waals surface area contributed by atoms with Gasteiger partial charge in [-0.3, -0.25) is 4.99 Å². The number of halogens is 2. The first-order valence-corrected chi connectivity index (χ1v) is 9.55. The van der Waals surface area contributed by atoms with Crippen LogP contribution in [0.4, 0.5) is 10.1 Å². The van der Waals surface area contributed by atoms with E-state index in [2.05, 4.69) is 24.8 Å². The number of hydrogen-bond acceptors (Lipinski definition) is 4. The van der Waals surface area contributed by atoms with E-state index in [1.807, 2.05) is 24.5 Å². The molecule has 2 aromatic rings. The number of benzene rings is 1. The Hall–Kier alpha value is -1.97. The van der Waals surface area contributed by atoms with Crippen LogP contribution in [0, 0.1) is 5.82 Å². The Bertz CT molecular complexity index is 783. The third kappa shape index (κ3) is 5.30. The van der Waals surface area contributed by atoms with Gasteiger partial charge in [-0.2, -0.15) is 0 Å². The summed E-state index contributed by atoms with van der Waals surface area (Å²) in [5.74, 6) is 1.94. The van der Waals surface area contributed by atoms with Gasteiger partial charge in [0.15, 0.2) is 5.96 Å². The topological polar surface area (TPSA) is 70.6 Å². The second-order valence-corrected chi connectivity index (χ2v) is 7.16. The highest BCUT2D eigenvalue weighted by molar-refractivity contribution is 14.0. The zero-order valence-corrected chi connectivity index (χ0v) is 18.1. The van der Waals surface area contributed by atoms with Crippen molar-refractivity contribution in [2.75, 3.05) is 37.6 Å². The maximum absolute atomic E-state index is 13.1. The number of aromatic nitrogens is 2. The van der Waals surface area contributed by atoms with Gasteiger partial charge in [0.25, 0.3) is 0 Å². The van der Waals surface area contributed by atoms with E-state index < -0.39 is 0 Å². The summed E-state index contributed by atoms with van der Waals surface area (Å²) in [6, 6.07) is 6.63. The van der Waals surface area contributed by atoms with Gasteiger partial charge in [-0.15, -0.1) is 24.0 Å². The minimum absolute atomic E-state index is 0. The third-order valence-corrected chi connectivity index (χ3v) is 5.14. The number of rotatable bonds is 5. The summed E-state index contributed by atoms with van der Waals surface area (Å²) in [4.78, 5) is 17.7. The molecule has 0 spiro atoms. The normalized spacial score (nSPS) is 17.4. The number of aliphatic imine (C=N–C) groups is 1. The molecule has 0 atom stereocenters. The number of piperazine rings is 1. The molecule has 150 valence electrons. The molecule has 6 nitrogen and oxygen atoms in total. The van der Waals surface area contributed by atoms with E-state index >= 15 is 0 Å². The fourth-order valence-corrected chi connectivity index (χ4v) is 3.29. The van der Waals surface area contributed by atoms with Crippen LogP contribution in [0.1, 0.15) is 30.1 Å². The number of nitrogens with zero attached hydrogens (tertiary/aromatic N) is 5. The molecule has 1 saturated carbocycles. The summed E-state index contributed by atoms with van der Waals surface area (Å²) < 4.78 is 13.1. The van der Waals surface area contributed by atoms with Crippen LogP contribution in [0.25, 0.3) is 0 Å². The molecule has 0 amide bonds. The molecule has 1 aromatic heterocycles. The minimum atomic E-state index is -0.207. The van der Waals surface area contributed by atoms with Crippen LogP contribution in [0.2, 0.25) is 0 Å². The van der Waals surface area contributed by atoms with Crippen molar-refractivity contribution in [1.29, 1.82) is 0 Å². The van der Waals surface area contributed by atoms with Crippen molar-refractivity contribution in [1.82, 2.24) is 14.9 Å². The van der Waals surface area contributed by atoms with Gasteiger partial charge in [0.2, 0.25) is 0 Å². The number of hydrogen-bond donors (Lipinski definition) is 1. The predicted octanol–water partition coefficient (Wildman–Crippen LogP) is 2.79. The van der Waals surface area contributed by atoms with E-state index in [0.29, 0.717) is 18.4 Å². The van der Waals surface area contributed by atoms with E-state index in [0.717, 1.165) is 49.7 Å². The first-order valence-electron chi connectivity index (χ1n) is 9.55. The Morgan fingerprint density at radius 2 is 1.71 bits per heavy atom. The fourth-order valence-electron chi connectivity index (χ4n) is 3.29. The van der Waals surface area contributed by atoms with Crippen molar-refractivity contribution in [3.05, 3.63) is 53.9 Å². The van der Waals surface area contributed by atoms with Gasteiger partial charge in [-0.1, -0.05) is 0 Å². The average Bonchev–Trinajstić information content (AvgIpc) is 3.55. The molecule has 4 rings (SSSR count). The molecular weight excluding hydrogens is 470 g/mol. The molecule has 0 bridgehead atoms. The predicted molar refractivity (Wildman–Crippen MR) is 120 cm³/mol. The first kappa shape index (κ1) is 20.8. The Kier molecular flexibility index (Phi) is 7.03. The highest BCUT2D eigenvalue weighted by Crippen LogP contribution is 2.37. The van der Waals surface area contributed by atoms with Crippen LogP contribution in [0.15, 0.2) is 41.7 Å². The molecule has 1 saturated heterocycles. The second kappa shape index (κ2) is 9.49. The van der Waals surface area contributed by atoms with Crippen molar-refractivity contribution >= 4 is 35.6 Å². The van der Waals surface area contributed by atoms with Crippen LogP contribution in [-0.2, 0) is 6.42 Å². The van der Waals surface area contributed by atoms with E-state index in [1.165, 1.54) is 25.0 Å². The Morgan fingerprint density at radius 1 is 1.07 bits per heavy atom. The van der Waals surface area contributed by atoms with Crippen LogP contribution in [0.3, 0.4) is 0 Å². The fraction of sp³-hybridized carbons (Fsp3) is 0.450. The summed E-state index contributed by atoms with van der Waals surface area (Å²) in [5, 5.41) is 0. The van der Waals surface area contributed by atoms with Gasteiger partial charge in [-0.25, -0.2) is 14.4 Å². The van der Waals surface area contributed by atoms with Gasteiger partial charge in [0, 0.05) is 56.7 Å². The molecule has 8 heteroatoms. The smallest absolute Gasteiger partial charge is 0.191 e. The molecule has 2 N–H and O–H groups in total. The van der Waals surface area contributed by atoms with Crippen molar-refractivity contribution in [2.45, 2.75) is 25.2 Å². The lowest BCUT2D eigenvalue weighted by Gasteiger charge is -2.36. The minimum Gasteiger partial charge on any atom is -0.370 e. The maximum Gasteiger partial charge on any atom is 0.191 e. The van der Waals surface area contributed by atoms with Crippen molar-refractivity contribution in [3.63, 3.8) is 0 Å². The molecule has 1 aromatic carbocycles. The quantitative estimate of drug-likeness (QED) is 0.392. The first-order chi connectivity index (χ1) is 13.2. The van der Waals surface area contributed by atoms with E-state index in [1.54, 1.807) is 0 Å². The molecule has 1 aliphatic heterocycles. The van der Waals surface area contributed by atoms with Gasteiger partial charge >= 0.3 is 0 Å². The highest BCUT2D eigenvalue weighted by atomic mass is 127. The number of guanidine groups is 1. The van der Waals surface area contributed by atoms with Crippen LogP contribution < -0.4 is 10.6 Å². The molecule has 2 fully saturated rings. The van der Waals surface area contributed by atoms with Crippen LogP contribution in [-0.4, -0.2) is 53.6 Å². The lowest BCUT2D eigenvalue weighted by molar-refractivity contribution is 0.381. The van der Waals surface area contributed by atoms with E-state index in [4.69, 9.17) is 5.73 Å². The van der Waals surface area contributed by atoms with Crippen molar-refractivity contribution < 1.29 is 4.39 Å². The summed E-state index contributed by atoms with van der Waals surface area (Å²) in [6.45, 7) is 3.95. The lowest BCUT2D eigenvalue weighted by Crippen LogP contribution is -2.51. The molecule has 2 aliphatic rings. The molecule has 2 heterocycles. The Morgan fingerprint density at radius 3 is 2.32 bits per heavy atom. The largest absolute Gasteiger partial charge is 0.370 e.